The molecule has 1 aromatic carbocycles. The second-order valence-corrected chi connectivity index (χ2v) is 5.23. The highest BCUT2D eigenvalue weighted by molar-refractivity contribution is 7.99. The Kier molecular flexibility index (Phi) is 4.97. The van der Waals surface area contributed by atoms with Crippen molar-refractivity contribution in [3.05, 3.63) is 18.0 Å². The van der Waals surface area contributed by atoms with Crippen LogP contribution in [0.25, 0.3) is 10.9 Å². The fourth-order valence-electron chi connectivity index (χ4n) is 1.81. The molecule has 0 aliphatic heterocycles. The number of hydrogen-bond acceptors (Lipinski definition) is 6. The Bertz CT molecular complexity index is 680. The van der Waals surface area contributed by atoms with Gasteiger partial charge in [0, 0.05) is 17.2 Å². The SMILES string of the molecule is COc1cc2nc(C(F)(F)F)nc(SCCO)c2cc1OC. The number of aliphatic hydroxyl groups is 1. The van der Waals surface area contributed by atoms with Crippen LogP contribution in [0.4, 0.5) is 13.2 Å². The summed E-state index contributed by atoms with van der Waals surface area (Å²) in [7, 11) is 2.81. The van der Waals surface area contributed by atoms with Crippen LogP contribution in [-0.2, 0) is 6.18 Å². The number of rotatable bonds is 5. The Hall–Kier alpha value is -1.74. The second kappa shape index (κ2) is 6.57. The highest BCUT2D eigenvalue weighted by Gasteiger charge is 2.35. The van der Waals surface area contributed by atoms with Crippen molar-refractivity contribution in [1.82, 2.24) is 9.97 Å². The van der Waals surface area contributed by atoms with Gasteiger partial charge in [-0.05, 0) is 6.07 Å². The molecular formula is C13H13F3N2O3S. The van der Waals surface area contributed by atoms with Crippen molar-refractivity contribution >= 4 is 22.7 Å². The lowest BCUT2D eigenvalue weighted by Crippen LogP contribution is -2.12. The normalized spacial score (nSPS) is 11.7. The van der Waals surface area contributed by atoms with Crippen LogP contribution in [0, 0.1) is 0 Å². The number of benzene rings is 1. The molecule has 1 heterocycles. The molecule has 2 aromatic rings. The molecule has 0 aliphatic rings. The molecule has 0 spiro atoms. The molecule has 0 radical (unpaired) electrons. The molecular weight excluding hydrogens is 321 g/mol. The van der Waals surface area contributed by atoms with Gasteiger partial charge in [-0.25, -0.2) is 9.97 Å². The zero-order valence-corrected chi connectivity index (χ0v) is 12.6. The third-order valence-corrected chi connectivity index (χ3v) is 3.72. The monoisotopic (exact) mass is 334 g/mol. The number of alkyl halides is 3. The van der Waals surface area contributed by atoms with E-state index in [0.29, 0.717) is 11.1 Å². The summed E-state index contributed by atoms with van der Waals surface area (Å²) in [5.74, 6) is -0.366. The molecule has 0 fully saturated rings. The van der Waals surface area contributed by atoms with Gasteiger partial charge in [0.1, 0.15) is 5.03 Å². The minimum atomic E-state index is -4.66. The minimum absolute atomic E-state index is 0.0976. The van der Waals surface area contributed by atoms with Gasteiger partial charge in [0.15, 0.2) is 11.5 Å². The number of fused-ring (bicyclic) bond motifs is 1. The summed E-state index contributed by atoms with van der Waals surface area (Å²) < 4.78 is 48.9. The highest BCUT2D eigenvalue weighted by atomic mass is 32.2. The average Bonchev–Trinajstić information content (AvgIpc) is 2.49. The first-order chi connectivity index (χ1) is 10.4. The van der Waals surface area contributed by atoms with E-state index in [0.717, 1.165) is 11.8 Å². The van der Waals surface area contributed by atoms with Crippen LogP contribution in [0.2, 0.25) is 0 Å². The molecule has 0 aliphatic carbocycles. The van der Waals surface area contributed by atoms with Crippen LogP contribution < -0.4 is 9.47 Å². The molecule has 0 saturated heterocycles. The van der Waals surface area contributed by atoms with Gasteiger partial charge in [-0.3, -0.25) is 0 Å². The van der Waals surface area contributed by atoms with Gasteiger partial charge >= 0.3 is 6.18 Å². The van der Waals surface area contributed by atoms with Crippen molar-refractivity contribution in [3.63, 3.8) is 0 Å². The first-order valence-corrected chi connectivity index (χ1v) is 7.14. The Labute approximate surface area is 128 Å². The number of ether oxygens (including phenoxy) is 2. The minimum Gasteiger partial charge on any atom is -0.493 e. The molecule has 120 valence electrons. The molecule has 2 rings (SSSR count). The molecule has 0 unspecified atom stereocenters. The molecule has 0 saturated carbocycles. The van der Waals surface area contributed by atoms with Crippen LogP contribution in [0.3, 0.4) is 0 Å². The standard InChI is InChI=1S/C13H13F3N2O3S/c1-20-9-5-7-8(6-10(9)21-2)17-12(13(14,15)16)18-11(7)22-4-3-19/h5-6,19H,3-4H2,1-2H3. The van der Waals surface area contributed by atoms with E-state index in [1.807, 2.05) is 0 Å². The first-order valence-electron chi connectivity index (χ1n) is 6.15. The van der Waals surface area contributed by atoms with Crippen molar-refractivity contribution in [1.29, 1.82) is 0 Å². The van der Waals surface area contributed by atoms with Crippen molar-refractivity contribution in [2.24, 2.45) is 0 Å². The number of aliphatic hydroxyl groups excluding tert-OH is 1. The number of methoxy groups -OCH3 is 2. The lowest BCUT2D eigenvalue weighted by Gasteiger charge is -2.13. The van der Waals surface area contributed by atoms with Crippen LogP contribution in [0.5, 0.6) is 11.5 Å². The maximum absolute atomic E-state index is 12.9. The van der Waals surface area contributed by atoms with E-state index >= 15 is 0 Å². The number of hydrogen-bond donors (Lipinski definition) is 1. The maximum atomic E-state index is 12.9. The average molecular weight is 334 g/mol. The van der Waals surface area contributed by atoms with E-state index in [2.05, 4.69) is 9.97 Å². The third-order valence-electron chi connectivity index (χ3n) is 2.75. The van der Waals surface area contributed by atoms with Gasteiger partial charge < -0.3 is 14.6 Å². The van der Waals surface area contributed by atoms with E-state index in [9.17, 15) is 13.2 Å². The van der Waals surface area contributed by atoms with Crippen LogP contribution in [-0.4, -0.2) is 41.7 Å². The lowest BCUT2D eigenvalue weighted by atomic mass is 10.2. The van der Waals surface area contributed by atoms with E-state index in [1.54, 1.807) is 0 Å². The largest absolute Gasteiger partial charge is 0.493 e. The summed E-state index contributed by atoms with van der Waals surface area (Å²) in [6.45, 7) is -0.176. The summed E-state index contributed by atoms with van der Waals surface area (Å²) in [5, 5.41) is 9.42. The van der Waals surface area contributed by atoms with Crippen LogP contribution in [0.15, 0.2) is 17.2 Å². The molecule has 0 atom stereocenters. The predicted molar refractivity (Wildman–Crippen MR) is 75.5 cm³/mol. The smallest absolute Gasteiger partial charge is 0.451 e. The van der Waals surface area contributed by atoms with Gasteiger partial charge in [-0.1, -0.05) is 0 Å². The predicted octanol–water partition coefficient (Wildman–Crippen LogP) is 2.75. The molecule has 1 aromatic heterocycles. The Morgan fingerprint density at radius 2 is 1.77 bits per heavy atom. The zero-order chi connectivity index (χ0) is 16.3. The molecule has 9 heteroatoms. The van der Waals surface area contributed by atoms with E-state index in [4.69, 9.17) is 14.6 Å². The second-order valence-electron chi connectivity index (χ2n) is 4.15. The Balaban J connectivity index is 2.70. The fraction of sp³-hybridized carbons (Fsp3) is 0.385. The highest BCUT2D eigenvalue weighted by Crippen LogP contribution is 2.37. The molecule has 0 bridgehead atoms. The Morgan fingerprint density at radius 1 is 1.14 bits per heavy atom. The molecule has 1 N–H and O–H groups in total. The first kappa shape index (κ1) is 16.6. The maximum Gasteiger partial charge on any atom is 0.451 e. The molecule has 0 amide bonds. The van der Waals surface area contributed by atoms with Crippen molar-refractivity contribution in [2.45, 2.75) is 11.2 Å². The zero-order valence-electron chi connectivity index (χ0n) is 11.8. The quantitative estimate of drug-likeness (QED) is 0.670. The van der Waals surface area contributed by atoms with Crippen molar-refractivity contribution in [2.75, 3.05) is 26.6 Å². The number of aromatic nitrogens is 2. The van der Waals surface area contributed by atoms with Crippen molar-refractivity contribution in [3.8, 4) is 11.5 Å². The van der Waals surface area contributed by atoms with Crippen LogP contribution in [0.1, 0.15) is 5.82 Å². The van der Waals surface area contributed by atoms with Gasteiger partial charge in [-0.15, -0.1) is 11.8 Å². The summed E-state index contributed by atoms with van der Waals surface area (Å²) in [4.78, 5) is 7.11. The summed E-state index contributed by atoms with van der Waals surface area (Å²) in [5.41, 5.74) is 0.0976. The van der Waals surface area contributed by atoms with Crippen molar-refractivity contribution < 1.29 is 27.8 Å². The van der Waals surface area contributed by atoms with E-state index in [-0.39, 0.29) is 28.7 Å². The third kappa shape index (κ3) is 3.36. The number of halogens is 3. The molecule has 22 heavy (non-hydrogen) atoms. The van der Waals surface area contributed by atoms with Gasteiger partial charge in [0.25, 0.3) is 0 Å². The lowest BCUT2D eigenvalue weighted by molar-refractivity contribution is -0.145. The van der Waals surface area contributed by atoms with Gasteiger partial charge in [-0.2, -0.15) is 13.2 Å². The topological polar surface area (TPSA) is 64.5 Å². The summed E-state index contributed by atoms with van der Waals surface area (Å²) in [6, 6.07) is 2.89. The van der Waals surface area contributed by atoms with Gasteiger partial charge in [0.2, 0.25) is 5.82 Å². The molecule has 5 nitrogen and oxygen atoms in total. The Morgan fingerprint density at radius 3 is 2.32 bits per heavy atom. The number of nitrogens with zero attached hydrogens (tertiary/aromatic N) is 2. The van der Waals surface area contributed by atoms with Gasteiger partial charge in [0.05, 0.1) is 26.3 Å². The fourth-order valence-corrected chi connectivity index (χ4v) is 2.56. The summed E-state index contributed by atoms with van der Waals surface area (Å²) >= 11 is 1.02. The number of thioether (sulfide) groups is 1. The van der Waals surface area contributed by atoms with E-state index in [1.165, 1.54) is 26.4 Å². The van der Waals surface area contributed by atoms with E-state index < -0.39 is 12.0 Å². The van der Waals surface area contributed by atoms with Crippen LogP contribution >= 0.6 is 11.8 Å². The summed E-state index contributed by atoms with van der Waals surface area (Å²) in [6.07, 6.45) is -4.66.